The highest BCUT2D eigenvalue weighted by molar-refractivity contribution is 6.02. The lowest BCUT2D eigenvalue weighted by molar-refractivity contribution is -0.141. The number of carbonyl (C=O) groups excluding carboxylic acids is 3. The first-order valence-corrected chi connectivity index (χ1v) is 11.6. The number of rotatable bonds is 11. The molecule has 0 bridgehead atoms. The Morgan fingerprint density at radius 1 is 1.03 bits per heavy atom. The predicted molar refractivity (Wildman–Crippen MR) is 126 cm³/mol. The van der Waals surface area contributed by atoms with Crippen molar-refractivity contribution in [1.82, 2.24) is 15.5 Å². The molecule has 0 unspecified atom stereocenters. The van der Waals surface area contributed by atoms with Crippen molar-refractivity contribution in [3.8, 4) is 0 Å². The number of amides is 3. The maximum atomic E-state index is 13.0. The van der Waals surface area contributed by atoms with E-state index < -0.39 is 12.0 Å². The molecule has 9 heteroatoms. The maximum Gasteiger partial charge on any atom is 0.325 e. The number of benzene rings is 1. The summed E-state index contributed by atoms with van der Waals surface area (Å²) < 4.78 is 4.80. The van der Waals surface area contributed by atoms with Crippen LogP contribution in [0.5, 0.6) is 0 Å². The Morgan fingerprint density at radius 2 is 1.75 bits per heavy atom. The van der Waals surface area contributed by atoms with E-state index in [1.807, 2.05) is 6.07 Å². The minimum Gasteiger partial charge on any atom is -0.465 e. The fourth-order valence-electron chi connectivity index (χ4n) is 3.71. The van der Waals surface area contributed by atoms with Crippen molar-refractivity contribution in [3.05, 3.63) is 23.8 Å². The van der Waals surface area contributed by atoms with Crippen molar-refractivity contribution in [2.75, 3.05) is 62.6 Å². The molecule has 1 aromatic carbocycles. The zero-order chi connectivity index (χ0) is 23.3. The van der Waals surface area contributed by atoms with Crippen LogP contribution >= 0.6 is 0 Å². The Balaban J connectivity index is 2.09. The molecule has 1 aliphatic heterocycles. The summed E-state index contributed by atoms with van der Waals surface area (Å²) in [6, 6.07) is 4.82. The first-order chi connectivity index (χ1) is 15.5. The zero-order valence-corrected chi connectivity index (χ0v) is 19.5. The molecule has 1 aliphatic rings. The van der Waals surface area contributed by atoms with Crippen LogP contribution in [0.2, 0.25) is 0 Å². The minimum absolute atomic E-state index is 0.159. The third-order valence-corrected chi connectivity index (χ3v) is 5.50. The molecule has 0 aliphatic carbocycles. The summed E-state index contributed by atoms with van der Waals surface area (Å²) in [5.74, 6) is -0.662. The van der Waals surface area contributed by atoms with Gasteiger partial charge in [0.15, 0.2) is 0 Å². The molecule has 3 N–H and O–H groups in total. The smallest absolute Gasteiger partial charge is 0.325 e. The van der Waals surface area contributed by atoms with Gasteiger partial charge in [-0.3, -0.25) is 9.59 Å². The van der Waals surface area contributed by atoms with Crippen molar-refractivity contribution in [2.24, 2.45) is 0 Å². The lowest BCUT2D eigenvalue weighted by Gasteiger charge is -2.30. The van der Waals surface area contributed by atoms with Gasteiger partial charge < -0.3 is 30.5 Å². The van der Waals surface area contributed by atoms with Crippen LogP contribution in [0.4, 0.5) is 16.2 Å². The number of urea groups is 1. The number of esters is 1. The van der Waals surface area contributed by atoms with Gasteiger partial charge in [0.25, 0.3) is 5.91 Å². The Kier molecular flexibility index (Phi) is 10.8. The van der Waals surface area contributed by atoms with Crippen LogP contribution in [0.15, 0.2) is 18.2 Å². The second-order valence-electron chi connectivity index (χ2n) is 7.68. The van der Waals surface area contributed by atoms with E-state index in [1.165, 1.54) is 6.42 Å². The van der Waals surface area contributed by atoms with E-state index in [-0.39, 0.29) is 19.1 Å². The summed E-state index contributed by atoms with van der Waals surface area (Å²) in [6.45, 7) is 11.0. The molecule has 0 atom stereocenters. The molecule has 2 rings (SSSR count). The quantitative estimate of drug-likeness (QED) is 0.450. The molecule has 3 amide bonds. The fraction of sp³-hybridized carbons (Fsp3) is 0.609. The molecular weight excluding hydrogens is 410 g/mol. The zero-order valence-electron chi connectivity index (χ0n) is 19.5. The van der Waals surface area contributed by atoms with E-state index in [0.717, 1.165) is 51.3 Å². The van der Waals surface area contributed by atoms with Crippen LogP contribution in [-0.2, 0) is 9.53 Å². The first kappa shape index (κ1) is 25.5. The van der Waals surface area contributed by atoms with Gasteiger partial charge in [0.05, 0.1) is 12.2 Å². The number of carbonyl (C=O) groups is 3. The van der Waals surface area contributed by atoms with Gasteiger partial charge in [-0.1, -0.05) is 13.8 Å². The van der Waals surface area contributed by atoms with Gasteiger partial charge in [0, 0.05) is 37.6 Å². The number of hydrogen-bond acceptors (Lipinski definition) is 6. The van der Waals surface area contributed by atoms with Crippen molar-refractivity contribution < 1.29 is 19.1 Å². The Hall–Kier alpha value is -2.81. The van der Waals surface area contributed by atoms with E-state index in [4.69, 9.17) is 4.74 Å². The third-order valence-electron chi connectivity index (χ3n) is 5.50. The van der Waals surface area contributed by atoms with E-state index in [9.17, 15) is 14.4 Å². The molecule has 0 aromatic heterocycles. The molecule has 9 nitrogen and oxygen atoms in total. The van der Waals surface area contributed by atoms with Crippen LogP contribution in [0.1, 0.15) is 50.4 Å². The Labute approximate surface area is 190 Å². The van der Waals surface area contributed by atoms with Crippen LogP contribution in [0.25, 0.3) is 0 Å². The van der Waals surface area contributed by atoms with E-state index in [1.54, 1.807) is 19.1 Å². The second-order valence-corrected chi connectivity index (χ2v) is 7.68. The summed E-state index contributed by atoms with van der Waals surface area (Å²) in [5, 5.41) is 8.17. The van der Waals surface area contributed by atoms with Gasteiger partial charge in [0.2, 0.25) is 0 Å². The summed E-state index contributed by atoms with van der Waals surface area (Å²) >= 11 is 0. The average molecular weight is 448 g/mol. The van der Waals surface area contributed by atoms with Crippen LogP contribution in [0, 0.1) is 0 Å². The summed E-state index contributed by atoms with van der Waals surface area (Å²) in [4.78, 5) is 41.1. The highest BCUT2D eigenvalue weighted by atomic mass is 16.5. The normalized spacial score (nSPS) is 13.6. The first-order valence-electron chi connectivity index (χ1n) is 11.6. The number of piperidine rings is 1. The summed E-state index contributed by atoms with van der Waals surface area (Å²) in [7, 11) is 0. The molecule has 1 heterocycles. The van der Waals surface area contributed by atoms with Gasteiger partial charge in [0.1, 0.15) is 6.54 Å². The maximum absolute atomic E-state index is 13.0. The minimum atomic E-state index is -0.531. The SMILES string of the molecule is CCOC(=O)CNC(=O)Nc1ccc(N2CCCCC2)c(C(=O)NCCN(CC)CC)c1. The number of likely N-dealkylation sites (N-methyl/N-ethyl adjacent to an activating group) is 1. The van der Waals surface area contributed by atoms with Crippen LogP contribution < -0.4 is 20.9 Å². The van der Waals surface area contributed by atoms with Gasteiger partial charge in [-0.15, -0.1) is 0 Å². The molecule has 32 heavy (non-hydrogen) atoms. The molecule has 1 saturated heterocycles. The van der Waals surface area contributed by atoms with Crippen molar-refractivity contribution in [1.29, 1.82) is 0 Å². The van der Waals surface area contributed by atoms with Crippen molar-refractivity contribution in [3.63, 3.8) is 0 Å². The summed E-state index contributed by atoms with van der Waals surface area (Å²) in [6.07, 6.45) is 3.39. The Morgan fingerprint density at radius 3 is 2.41 bits per heavy atom. The summed E-state index contributed by atoms with van der Waals surface area (Å²) in [5.41, 5.74) is 1.90. The monoisotopic (exact) mass is 447 g/mol. The highest BCUT2D eigenvalue weighted by Gasteiger charge is 2.20. The Bertz CT molecular complexity index is 761. The largest absolute Gasteiger partial charge is 0.465 e. The van der Waals surface area contributed by atoms with Crippen LogP contribution in [-0.4, -0.2) is 75.2 Å². The van der Waals surface area contributed by atoms with E-state index in [2.05, 4.69) is 39.6 Å². The number of ether oxygens (including phenoxy) is 1. The topological polar surface area (TPSA) is 103 Å². The van der Waals surface area contributed by atoms with Crippen molar-refractivity contribution in [2.45, 2.75) is 40.0 Å². The number of nitrogens with one attached hydrogen (secondary N) is 3. The molecule has 178 valence electrons. The van der Waals surface area contributed by atoms with Gasteiger partial charge in [-0.2, -0.15) is 0 Å². The van der Waals surface area contributed by atoms with Gasteiger partial charge in [-0.05, 0) is 57.5 Å². The molecule has 1 fully saturated rings. The highest BCUT2D eigenvalue weighted by Crippen LogP contribution is 2.27. The molecule has 0 saturated carbocycles. The molecular formula is C23H37N5O4. The lowest BCUT2D eigenvalue weighted by atomic mass is 10.1. The number of nitrogens with zero attached hydrogens (tertiary/aromatic N) is 2. The van der Waals surface area contributed by atoms with Crippen LogP contribution in [0.3, 0.4) is 0 Å². The fourth-order valence-corrected chi connectivity index (χ4v) is 3.71. The molecule has 1 aromatic rings. The second kappa shape index (κ2) is 13.6. The number of hydrogen-bond donors (Lipinski definition) is 3. The molecule has 0 spiro atoms. The average Bonchev–Trinajstić information content (AvgIpc) is 2.81. The lowest BCUT2D eigenvalue weighted by Crippen LogP contribution is -2.37. The number of anilines is 2. The van der Waals surface area contributed by atoms with Gasteiger partial charge in [-0.25, -0.2) is 4.79 Å². The standard InChI is InChI=1S/C23H37N5O4/c1-4-27(5-2)15-12-24-22(30)19-16-18(26-23(31)25-17-21(29)32-6-3)10-11-20(19)28-13-8-7-9-14-28/h10-11,16H,4-9,12-15,17H2,1-3H3,(H,24,30)(H2,25,26,31). The molecule has 0 radical (unpaired) electrons. The van der Waals surface area contributed by atoms with E-state index in [0.29, 0.717) is 17.8 Å². The van der Waals surface area contributed by atoms with Crippen molar-refractivity contribution >= 4 is 29.3 Å². The van der Waals surface area contributed by atoms with Gasteiger partial charge >= 0.3 is 12.0 Å². The predicted octanol–water partition coefficient (Wildman–Crippen LogP) is 2.43. The van der Waals surface area contributed by atoms with E-state index >= 15 is 0 Å². The third kappa shape index (κ3) is 8.03.